The Kier molecular flexibility index (Phi) is 9.04. The number of nitrogens with zero attached hydrogens (tertiary/aromatic N) is 7. The van der Waals surface area contributed by atoms with E-state index >= 15 is 0 Å². The fourth-order valence-electron chi connectivity index (χ4n) is 8.11. The van der Waals surface area contributed by atoms with Crippen LogP contribution in [0.2, 0.25) is 0 Å². The number of piperidine rings is 2. The summed E-state index contributed by atoms with van der Waals surface area (Å²) in [6.45, 7) is 5.67. The number of nitrogens with one attached hydrogen (secondary N) is 2. The molecule has 1 amide bonds. The number of hydrogen-bond donors (Lipinski definition) is 2. The number of anilines is 2. The lowest BCUT2D eigenvalue weighted by atomic mass is 9.85. The second kappa shape index (κ2) is 13.3. The van der Waals surface area contributed by atoms with E-state index in [1.54, 1.807) is 17.1 Å². The van der Waals surface area contributed by atoms with E-state index in [4.69, 9.17) is 4.98 Å². The molecule has 2 bridgehead atoms. The Balaban J connectivity index is 0.981. The third-order valence-electron chi connectivity index (χ3n) is 10.8. The molecule has 4 fully saturated rings. The van der Waals surface area contributed by atoms with E-state index in [1.807, 2.05) is 6.07 Å². The number of rotatable bonds is 10. The summed E-state index contributed by atoms with van der Waals surface area (Å²) in [5, 5.41) is 14.7. The van der Waals surface area contributed by atoms with Gasteiger partial charge in [0.1, 0.15) is 17.2 Å². The van der Waals surface area contributed by atoms with Gasteiger partial charge in [0.25, 0.3) is 12.3 Å². The van der Waals surface area contributed by atoms with E-state index < -0.39 is 18.0 Å². The van der Waals surface area contributed by atoms with Crippen LogP contribution in [0.5, 0.6) is 0 Å². The molecular formula is C33H45F2N9O2. The minimum absolute atomic E-state index is 0.0152. The summed E-state index contributed by atoms with van der Waals surface area (Å²) in [6, 6.07) is 1.85. The van der Waals surface area contributed by atoms with Crippen LogP contribution in [0.25, 0.3) is 5.65 Å². The van der Waals surface area contributed by atoms with Crippen LogP contribution in [-0.4, -0.2) is 87.3 Å². The van der Waals surface area contributed by atoms with Crippen molar-refractivity contribution in [2.24, 2.45) is 23.7 Å². The highest BCUT2D eigenvalue weighted by Crippen LogP contribution is 2.37. The molecule has 0 radical (unpaired) electrons. The average molecular weight is 638 g/mol. The topological polar surface area (TPSA) is 113 Å². The van der Waals surface area contributed by atoms with Crippen molar-refractivity contribution >= 4 is 28.8 Å². The van der Waals surface area contributed by atoms with E-state index in [2.05, 4.69) is 37.7 Å². The summed E-state index contributed by atoms with van der Waals surface area (Å²) in [6.07, 6.45) is 11.3. The summed E-state index contributed by atoms with van der Waals surface area (Å²) in [5.41, 5.74) is 0.119. The SMILES string of the molecule is CN(CCC1CCNCC1)CC1CCC(n2cc(NC(=O)c3cnn4ccc(N5CC6CCC(C5)C6=O)nc34)c(C(F)F)n2)CC1. The van der Waals surface area contributed by atoms with Crippen LogP contribution in [-0.2, 0) is 4.79 Å². The molecular weight excluding hydrogens is 592 g/mol. The predicted octanol–water partition coefficient (Wildman–Crippen LogP) is 4.58. The first kappa shape index (κ1) is 31.2. The van der Waals surface area contributed by atoms with Crippen LogP contribution in [0.1, 0.15) is 86.3 Å². The van der Waals surface area contributed by atoms with Gasteiger partial charge in [0.05, 0.1) is 17.9 Å². The van der Waals surface area contributed by atoms with Gasteiger partial charge in [-0.1, -0.05) is 0 Å². The van der Waals surface area contributed by atoms with E-state index in [9.17, 15) is 18.4 Å². The lowest BCUT2D eigenvalue weighted by Crippen LogP contribution is -2.42. The molecule has 2 aliphatic carbocycles. The highest BCUT2D eigenvalue weighted by Gasteiger charge is 2.41. The van der Waals surface area contributed by atoms with Crippen molar-refractivity contribution < 1.29 is 18.4 Å². The number of halogens is 2. The summed E-state index contributed by atoms with van der Waals surface area (Å²) in [5.74, 6) is 1.92. The van der Waals surface area contributed by atoms with Gasteiger partial charge in [-0.15, -0.1) is 0 Å². The third-order valence-corrected chi connectivity index (χ3v) is 10.8. The maximum absolute atomic E-state index is 14.1. The molecule has 3 aromatic heterocycles. The lowest BCUT2D eigenvalue weighted by Gasteiger charge is -2.32. The standard InChI is InChI=1S/C33H45F2N9O2/c1-41(14-10-21-8-12-36-13-9-21)17-22-2-6-25(7-3-22)44-20-27(29(40-44)31(34)35)38-33(46)26-16-37-43-15-11-28(39-32(26)43)42-18-23-4-5-24(19-42)30(23)45/h11,15-16,20-25,31,36H,2-10,12-14,17-19H2,1H3,(H,38,46). The quantitative estimate of drug-likeness (QED) is 0.332. The molecule has 248 valence electrons. The van der Waals surface area contributed by atoms with Gasteiger partial charge >= 0.3 is 0 Å². The zero-order valence-corrected chi connectivity index (χ0v) is 26.6. The zero-order chi connectivity index (χ0) is 31.8. The monoisotopic (exact) mass is 637 g/mol. The summed E-state index contributed by atoms with van der Waals surface area (Å²) in [4.78, 5) is 35.1. The summed E-state index contributed by atoms with van der Waals surface area (Å²) in [7, 11) is 2.21. The predicted molar refractivity (Wildman–Crippen MR) is 170 cm³/mol. The molecule has 4 aliphatic rings. The average Bonchev–Trinajstić information content (AvgIpc) is 3.73. The molecule has 2 saturated carbocycles. The third kappa shape index (κ3) is 6.53. The number of ketones is 1. The number of fused-ring (bicyclic) bond motifs is 3. The Morgan fingerprint density at radius 2 is 1.80 bits per heavy atom. The molecule has 5 heterocycles. The number of carbonyl (C=O) groups excluding carboxylic acids is 2. The Hall–Kier alpha value is -3.45. The van der Waals surface area contributed by atoms with Gasteiger partial charge in [-0.05, 0) is 102 Å². The Morgan fingerprint density at radius 1 is 1.07 bits per heavy atom. The molecule has 2 saturated heterocycles. The van der Waals surface area contributed by atoms with Crippen molar-refractivity contribution in [2.45, 2.75) is 70.3 Å². The van der Waals surface area contributed by atoms with Gasteiger partial charge in [-0.3, -0.25) is 14.3 Å². The van der Waals surface area contributed by atoms with Crippen LogP contribution in [0, 0.1) is 23.7 Å². The molecule has 11 nitrogen and oxygen atoms in total. The largest absolute Gasteiger partial charge is 0.355 e. The lowest BCUT2D eigenvalue weighted by molar-refractivity contribution is -0.124. The van der Waals surface area contributed by atoms with Gasteiger partial charge < -0.3 is 20.4 Å². The number of aromatic nitrogens is 5. The minimum Gasteiger partial charge on any atom is -0.355 e. The van der Waals surface area contributed by atoms with Crippen molar-refractivity contribution in [3.63, 3.8) is 0 Å². The number of amides is 1. The van der Waals surface area contributed by atoms with Crippen molar-refractivity contribution in [3.05, 3.63) is 35.9 Å². The van der Waals surface area contributed by atoms with Crippen molar-refractivity contribution in [1.29, 1.82) is 0 Å². The molecule has 3 aromatic rings. The summed E-state index contributed by atoms with van der Waals surface area (Å²) < 4.78 is 31.4. The first-order valence-electron chi connectivity index (χ1n) is 17.0. The van der Waals surface area contributed by atoms with Crippen LogP contribution in [0.3, 0.4) is 0 Å². The molecule has 7 rings (SSSR count). The van der Waals surface area contributed by atoms with Gasteiger partial charge in [0.2, 0.25) is 0 Å². The smallest absolute Gasteiger partial charge is 0.284 e. The van der Waals surface area contributed by atoms with Crippen LogP contribution in [0.4, 0.5) is 20.3 Å². The maximum Gasteiger partial charge on any atom is 0.284 e. The number of alkyl halides is 2. The first-order chi connectivity index (χ1) is 22.3. The van der Waals surface area contributed by atoms with Crippen molar-refractivity contribution in [2.75, 3.05) is 56.5 Å². The minimum atomic E-state index is -2.83. The van der Waals surface area contributed by atoms with Crippen LogP contribution >= 0.6 is 0 Å². The van der Waals surface area contributed by atoms with Crippen molar-refractivity contribution in [1.82, 2.24) is 34.6 Å². The van der Waals surface area contributed by atoms with Gasteiger partial charge in [-0.25, -0.2) is 18.3 Å². The fourth-order valence-corrected chi connectivity index (χ4v) is 8.11. The molecule has 2 aliphatic heterocycles. The molecule has 13 heteroatoms. The normalized spacial score (nSPS) is 25.7. The maximum atomic E-state index is 14.1. The molecule has 46 heavy (non-hydrogen) atoms. The van der Waals surface area contributed by atoms with Gasteiger partial charge in [-0.2, -0.15) is 10.2 Å². The highest BCUT2D eigenvalue weighted by molar-refractivity contribution is 6.08. The van der Waals surface area contributed by atoms with Gasteiger partial charge in [0, 0.05) is 43.9 Å². The molecule has 0 aromatic carbocycles. The van der Waals surface area contributed by atoms with Gasteiger partial charge in [0.15, 0.2) is 11.3 Å². The molecule has 2 N–H and O–H groups in total. The number of carbonyl (C=O) groups is 2. The van der Waals surface area contributed by atoms with Crippen molar-refractivity contribution in [3.8, 4) is 0 Å². The van der Waals surface area contributed by atoms with E-state index in [1.165, 1.54) is 30.0 Å². The van der Waals surface area contributed by atoms with Crippen LogP contribution < -0.4 is 15.5 Å². The zero-order valence-electron chi connectivity index (χ0n) is 26.6. The number of hydrogen-bond acceptors (Lipinski definition) is 8. The Bertz CT molecular complexity index is 1530. The summed E-state index contributed by atoms with van der Waals surface area (Å²) >= 11 is 0. The first-order valence-corrected chi connectivity index (χ1v) is 17.0. The second-order valence-electron chi connectivity index (χ2n) is 14.0. The highest BCUT2D eigenvalue weighted by atomic mass is 19.3. The molecule has 2 unspecified atom stereocenters. The van der Waals surface area contributed by atoms with E-state index in [0.29, 0.717) is 36.3 Å². The van der Waals surface area contributed by atoms with Crippen LogP contribution in [0.15, 0.2) is 24.7 Å². The van der Waals surface area contributed by atoms with E-state index in [0.717, 1.165) is 70.6 Å². The van der Waals surface area contributed by atoms with E-state index in [-0.39, 0.29) is 29.1 Å². The Labute approximate surface area is 268 Å². The number of Topliss-reactive ketones (excluding diaryl/α,β-unsaturated/α-hetero) is 1. The molecule has 2 atom stereocenters. The second-order valence-corrected chi connectivity index (χ2v) is 14.0. The Morgan fingerprint density at radius 3 is 2.52 bits per heavy atom. The molecule has 0 spiro atoms. The fraction of sp³-hybridized carbons (Fsp3) is 0.667.